The van der Waals surface area contributed by atoms with Gasteiger partial charge in [-0.2, -0.15) is 0 Å². The molecule has 0 unspecified atom stereocenters. The highest BCUT2D eigenvalue weighted by atomic mass is 16.5. The average molecular weight is 379 g/mol. The third kappa shape index (κ3) is 7.33. The molecular formula is C20H34N4O3. The Morgan fingerprint density at radius 3 is 2.52 bits per heavy atom. The molecule has 0 aliphatic heterocycles. The van der Waals surface area contributed by atoms with Crippen molar-refractivity contribution in [2.24, 2.45) is 5.92 Å². The highest BCUT2D eigenvalue weighted by molar-refractivity contribution is 5.93. The van der Waals surface area contributed by atoms with Crippen LogP contribution < -0.4 is 5.32 Å². The van der Waals surface area contributed by atoms with Crippen LogP contribution in [0.4, 0.5) is 5.82 Å². The van der Waals surface area contributed by atoms with Gasteiger partial charge in [-0.3, -0.25) is 9.59 Å². The van der Waals surface area contributed by atoms with Gasteiger partial charge in [0.05, 0.1) is 6.54 Å². The molecule has 1 aromatic heterocycles. The lowest BCUT2D eigenvalue weighted by Crippen LogP contribution is -2.42. The summed E-state index contributed by atoms with van der Waals surface area (Å²) in [5.74, 6) is 1.53. The minimum Gasteiger partial charge on any atom is -0.360 e. The Morgan fingerprint density at radius 1 is 1.22 bits per heavy atom. The SMILES string of the molecule is CCN(CC)CCN(CC(=O)Nc1cc(C)on1)C(=O)CCC1CCCC1. The van der Waals surface area contributed by atoms with Crippen LogP contribution in [0, 0.1) is 12.8 Å². The van der Waals surface area contributed by atoms with Gasteiger partial charge in [0.2, 0.25) is 11.8 Å². The normalized spacial score (nSPS) is 14.7. The molecule has 0 bridgehead atoms. The van der Waals surface area contributed by atoms with Gasteiger partial charge >= 0.3 is 0 Å². The minimum atomic E-state index is -0.239. The first kappa shape index (κ1) is 21.4. The molecule has 0 aromatic carbocycles. The Kier molecular flexibility index (Phi) is 8.78. The fourth-order valence-corrected chi connectivity index (χ4v) is 3.66. The molecule has 152 valence electrons. The number of carbonyl (C=O) groups excluding carboxylic acids is 2. The zero-order chi connectivity index (χ0) is 19.6. The lowest BCUT2D eigenvalue weighted by molar-refractivity contribution is -0.135. The fraction of sp³-hybridized carbons (Fsp3) is 0.750. The molecule has 7 nitrogen and oxygen atoms in total. The fourth-order valence-electron chi connectivity index (χ4n) is 3.66. The largest absolute Gasteiger partial charge is 0.360 e. The second-order valence-electron chi connectivity index (χ2n) is 7.40. The van der Waals surface area contributed by atoms with E-state index >= 15 is 0 Å². The van der Waals surface area contributed by atoms with E-state index in [9.17, 15) is 9.59 Å². The van der Waals surface area contributed by atoms with Crippen molar-refractivity contribution in [1.29, 1.82) is 0 Å². The van der Waals surface area contributed by atoms with E-state index in [1.165, 1.54) is 25.7 Å². The summed E-state index contributed by atoms with van der Waals surface area (Å²) >= 11 is 0. The van der Waals surface area contributed by atoms with Crippen LogP contribution in [0.5, 0.6) is 0 Å². The maximum Gasteiger partial charge on any atom is 0.245 e. The van der Waals surface area contributed by atoms with Gasteiger partial charge in [0.15, 0.2) is 5.82 Å². The number of nitrogens with zero attached hydrogens (tertiary/aromatic N) is 3. The number of carbonyl (C=O) groups is 2. The number of amides is 2. The lowest BCUT2D eigenvalue weighted by Gasteiger charge is -2.26. The number of aromatic nitrogens is 1. The van der Waals surface area contributed by atoms with Crippen molar-refractivity contribution < 1.29 is 14.1 Å². The number of anilines is 1. The van der Waals surface area contributed by atoms with Gasteiger partial charge in [-0.25, -0.2) is 0 Å². The molecular weight excluding hydrogens is 344 g/mol. The van der Waals surface area contributed by atoms with Gasteiger partial charge in [0.1, 0.15) is 5.76 Å². The molecule has 1 aromatic rings. The minimum absolute atomic E-state index is 0.0523. The van der Waals surface area contributed by atoms with E-state index in [2.05, 4.69) is 29.2 Å². The van der Waals surface area contributed by atoms with Crippen molar-refractivity contribution in [3.63, 3.8) is 0 Å². The van der Waals surface area contributed by atoms with Crippen molar-refractivity contribution in [1.82, 2.24) is 15.0 Å². The summed E-state index contributed by atoms with van der Waals surface area (Å²) in [6.45, 7) is 9.25. The van der Waals surface area contributed by atoms with Crippen LogP contribution in [0.15, 0.2) is 10.6 Å². The van der Waals surface area contributed by atoms with Crippen LogP contribution in [0.3, 0.4) is 0 Å². The molecule has 27 heavy (non-hydrogen) atoms. The zero-order valence-corrected chi connectivity index (χ0v) is 17.0. The molecule has 1 saturated carbocycles. The van der Waals surface area contributed by atoms with Gasteiger partial charge in [-0.1, -0.05) is 44.7 Å². The first-order valence-corrected chi connectivity index (χ1v) is 10.2. The van der Waals surface area contributed by atoms with Crippen LogP contribution in [0.2, 0.25) is 0 Å². The van der Waals surface area contributed by atoms with Crippen molar-refractivity contribution in [3.8, 4) is 0 Å². The Hall–Kier alpha value is -1.89. The van der Waals surface area contributed by atoms with E-state index in [-0.39, 0.29) is 18.4 Å². The number of likely N-dealkylation sites (N-methyl/N-ethyl adjacent to an activating group) is 1. The number of hydrogen-bond acceptors (Lipinski definition) is 5. The second-order valence-corrected chi connectivity index (χ2v) is 7.40. The summed E-state index contributed by atoms with van der Waals surface area (Å²) < 4.78 is 4.97. The standard InChI is InChI=1S/C20H34N4O3/c1-4-23(5-2)12-13-24(20(26)11-10-17-8-6-7-9-17)15-19(25)21-18-14-16(3)27-22-18/h14,17H,4-13,15H2,1-3H3,(H,21,22,25). The summed E-state index contributed by atoms with van der Waals surface area (Å²) in [6.07, 6.45) is 6.50. The molecule has 1 aliphatic carbocycles. The van der Waals surface area contributed by atoms with Crippen LogP contribution >= 0.6 is 0 Å². The van der Waals surface area contributed by atoms with Gasteiger partial charge in [-0.15, -0.1) is 0 Å². The molecule has 0 spiro atoms. The quantitative estimate of drug-likeness (QED) is 0.640. The summed E-state index contributed by atoms with van der Waals surface area (Å²) in [6, 6.07) is 1.67. The Morgan fingerprint density at radius 2 is 1.93 bits per heavy atom. The van der Waals surface area contributed by atoms with E-state index in [1.807, 2.05) is 0 Å². The lowest BCUT2D eigenvalue weighted by atomic mass is 10.0. The highest BCUT2D eigenvalue weighted by Crippen LogP contribution is 2.28. The summed E-state index contributed by atoms with van der Waals surface area (Å²) in [7, 11) is 0. The van der Waals surface area contributed by atoms with Crippen molar-refractivity contribution in [2.75, 3.05) is 38.0 Å². The van der Waals surface area contributed by atoms with Crippen molar-refractivity contribution >= 4 is 17.6 Å². The Labute approximate surface area is 162 Å². The van der Waals surface area contributed by atoms with Crippen LogP contribution in [0.25, 0.3) is 0 Å². The molecule has 0 radical (unpaired) electrons. The maximum atomic E-state index is 12.8. The molecule has 1 fully saturated rings. The van der Waals surface area contributed by atoms with E-state index < -0.39 is 0 Å². The Balaban J connectivity index is 1.90. The van der Waals surface area contributed by atoms with Crippen molar-refractivity contribution in [3.05, 3.63) is 11.8 Å². The van der Waals surface area contributed by atoms with Gasteiger partial charge < -0.3 is 19.6 Å². The van der Waals surface area contributed by atoms with Crippen molar-refractivity contribution in [2.45, 2.75) is 59.3 Å². The predicted octanol–water partition coefficient (Wildman–Crippen LogP) is 3.06. The van der Waals surface area contributed by atoms with Crippen LogP contribution in [-0.4, -0.2) is 59.5 Å². The number of hydrogen-bond donors (Lipinski definition) is 1. The second kappa shape index (κ2) is 11.1. The van der Waals surface area contributed by atoms with Gasteiger partial charge in [-0.05, 0) is 32.4 Å². The third-order valence-corrected chi connectivity index (χ3v) is 5.40. The smallest absolute Gasteiger partial charge is 0.245 e. The van der Waals surface area contributed by atoms with Gasteiger partial charge in [0, 0.05) is 25.6 Å². The first-order valence-electron chi connectivity index (χ1n) is 10.2. The third-order valence-electron chi connectivity index (χ3n) is 5.40. The number of nitrogens with one attached hydrogen (secondary N) is 1. The monoisotopic (exact) mass is 378 g/mol. The maximum absolute atomic E-state index is 12.8. The Bertz CT molecular complexity index is 592. The summed E-state index contributed by atoms with van der Waals surface area (Å²) in [4.78, 5) is 29.1. The molecule has 2 rings (SSSR count). The molecule has 0 saturated heterocycles. The van der Waals surface area contributed by atoms with E-state index in [4.69, 9.17) is 4.52 Å². The van der Waals surface area contributed by atoms with E-state index in [0.29, 0.717) is 30.5 Å². The number of aryl methyl sites for hydroxylation is 1. The van der Waals surface area contributed by atoms with E-state index in [0.717, 1.165) is 26.1 Å². The molecule has 1 aliphatic rings. The molecule has 1 heterocycles. The summed E-state index contributed by atoms with van der Waals surface area (Å²) in [5.41, 5.74) is 0. The summed E-state index contributed by atoms with van der Waals surface area (Å²) in [5, 5.41) is 6.49. The average Bonchev–Trinajstić information content (AvgIpc) is 3.31. The molecule has 1 N–H and O–H groups in total. The van der Waals surface area contributed by atoms with Gasteiger partial charge in [0.25, 0.3) is 0 Å². The highest BCUT2D eigenvalue weighted by Gasteiger charge is 2.21. The topological polar surface area (TPSA) is 78.7 Å². The molecule has 7 heteroatoms. The first-order chi connectivity index (χ1) is 13.0. The number of rotatable bonds is 11. The van der Waals surface area contributed by atoms with Crippen LogP contribution in [0.1, 0.15) is 58.1 Å². The zero-order valence-electron chi connectivity index (χ0n) is 17.0. The molecule has 2 amide bonds. The molecule has 0 atom stereocenters. The predicted molar refractivity (Wildman–Crippen MR) is 105 cm³/mol. The van der Waals surface area contributed by atoms with E-state index in [1.54, 1.807) is 17.9 Å². The van der Waals surface area contributed by atoms with Crippen LogP contribution in [-0.2, 0) is 9.59 Å².